The van der Waals surface area contributed by atoms with E-state index in [-0.39, 0.29) is 6.10 Å². The van der Waals surface area contributed by atoms with Crippen molar-refractivity contribution in [2.75, 3.05) is 5.32 Å². The topological polar surface area (TPSA) is 75.6 Å². The molecule has 102 valence electrons. The van der Waals surface area contributed by atoms with E-state index in [0.717, 1.165) is 17.2 Å². The molecule has 0 unspecified atom stereocenters. The van der Waals surface area contributed by atoms with Gasteiger partial charge >= 0.3 is 12.1 Å². The zero-order valence-corrected chi connectivity index (χ0v) is 11.1. The standard InChI is InChI=1S/C14H17NO4/c1-9(2)19-14(18)15-12-6-4-11(8-10(12)3)5-7-13(16)17/h4-9H,1-3H3,(H,15,18)(H,16,17). The fourth-order valence-electron chi connectivity index (χ4n) is 1.45. The molecular weight excluding hydrogens is 246 g/mol. The van der Waals surface area contributed by atoms with Gasteiger partial charge in [-0.3, -0.25) is 5.32 Å². The van der Waals surface area contributed by atoms with Gasteiger partial charge in [0.05, 0.1) is 6.10 Å². The van der Waals surface area contributed by atoms with Crippen molar-refractivity contribution in [3.8, 4) is 0 Å². The highest BCUT2D eigenvalue weighted by molar-refractivity contribution is 5.87. The van der Waals surface area contributed by atoms with Crippen LogP contribution >= 0.6 is 0 Å². The lowest BCUT2D eigenvalue weighted by Crippen LogP contribution is -2.18. The second-order valence-electron chi connectivity index (χ2n) is 4.32. The van der Waals surface area contributed by atoms with Crippen LogP contribution in [0.2, 0.25) is 0 Å². The molecule has 0 saturated heterocycles. The third-order valence-electron chi connectivity index (χ3n) is 2.25. The molecule has 0 heterocycles. The molecule has 0 bridgehead atoms. The van der Waals surface area contributed by atoms with Gasteiger partial charge in [0.1, 0.15) is 0 Å². The first-order valence-corrected chi connectivity index (χ1v) is 5.88. The number of nitrogens with one attached hydrogen (secondary N) is 1. The van der Waals surface area contributed by atoms with Crippen LogP contribution in [0.5, 0.6) is 0 Å². The molecule has 1 amide bonds. The molecule has 2 N–H and O–H groups in total. The number of aliphatic carboxylic acids is 1. The Morgan fingerprint density at radius 2 is 2.05 bits per heavy atom. The van der Waals surface area contributed by atoms with Crippen LogP contribution in [0, 0.1) is 6.92 Å². The molecule has 1 aromatic carbocycles. The van der Waals surface area contributed by atoms with Crippen LogP contribution in [0.1, 0.15) is 25.0 Å². The maximum Gasteiger partial charge on any atom is 0.411 e. The Balaban J connectivity index is 2.77. The van der Waals surface area contributed by atoms with Crippen molar-refractivity contribution < 1.29 is 19.4 Å². The highest BCUT2D eigenvalue weighted by atomic mass is 16.6. The van der Waals surface area contributed by atoms with Crippen LogP contribution in [0.15, 0.2) is 24.3 Å². The molecule has 0 radical (unpaired) electrons. The summed E-state index contributed by atoms with van der Waals surface area (Å²) >= 11 is 0. The predicted molar refractivity (Wildman–Crippen MR) is 73.1 cm³/mol. The highest BCUT2D eigenvalue weighted by Gasteiger charge is 2.07. The summed E-state index contributed by atoms with van der Waals surface area (Å²) in [5.41, 5.74) is 2.22. The van der Waals surface area contributed by atoms with Crippen molar-refractivity contribution in [1.82, 2.24) is 0 Å². The molecule has 5 nitrogen and oxygen atoms in total. The largest absolute Gasteiger partial charge is 0.478 e. The molecule has 1 aromatic rings. The van der Waals surface area contributed by atoms with E-state index in [1.165, 1.54) is 6.08 Å². The number of carbonyl (C=O) groups excluding carboxylic acids is 1. The summed E-state index contributed by atoms with van der Waals surface area (Å²) in [6.45, 7) is 5.36. The molecule has 0 spiro atoms. The first-order chi connectivity index (χ1) is 8.88. The zero-order chi connectivity index (χ0) is 14.4. The normalized spacial score (nSPS) is 10.7. The number of carboxylic acid groups (broad SMARTS) is 1. The second-order valence-corrected chi connectivity index (χ2v) is 4.32. The number of benzene rings is 1. The molecule has 0 aliphatic carbocycles. The van der Waals surface area contributed by atoms with E-state index in [2.05, 4.69) is 5.32 Å². The number of ether oxygens (including phenoxy) is 1. The fraction of sp³-hybridized carbons (Fsp3) is 0.286. The Labute approximate surface area is 111 Å². The molecule has 5 heteroatoms. The molecule has 19 heavy (non-hydrogen) atoms. The monoisotopic (exact) mass is 263 g/mol. The average molecular weight is 263 g/mol. The summed E-state index contributed by atoms with van der Waals surface area (Å²) in [4.78, 5) is 21.9. The number of hydrogen-bond donors (Lipinski definition) is 2. The van der Waals surface area contributed by atoms with Gasteiger partial charge in [-0.15, -0.1) is 0 Å². The quantitative estimate of drug-likeness (QED) is 0.818. The summed E-state index contributed by atoms with van der Waals surface area (Å²) in [5.74, 6) is -1.000. The minimum atomic E-state index is -1.000. The van der Waals surface area contributed by atoms with Crippen molar-refractivity contribution >= 4 is 23.8 Å². The van der Waals surface area contributed by atoms with Crippen molar-refractivity contribution in [3.05, 3.63) is 35.4 Å². The van der Waals surface area contributed by atoms with Crippen molar-refractivity contribution in [2.24, 2.45) is 0 Å². The number of anilines is 1. The van der Waals surface area contributed by atoms with Crippen LogP contribution < -0.4 is 5.32 Å². The van der Waals surface area contributed by atoms with E-state index in [1.807, 2.05) is 6.92 Å². The summed E-state index contributed by atoms with van der Waals surface area (Å²) < 4.78 is 4.98. The third-order valence-corrected chi connectivity index (χ3v) is 2.25. The molecule has 0 fully saturated rings. The summed E-state index contributed by atoms with van der Waals surface area (Å²) in [5, 5.41) is 11.2. The van der Waals surface area contributed by atoms with Crippen LogP contribution in [0.25, 0.3) is 6.08 Å². The van der Waals surface area contributed by atoms with E-state index in [1.54, 1.807) is 32.0 Å². The van der Waals surface area contributed by atoms with Crippen molar-refractivity contribution in [3.63, 3.8) is 0 Å². The summed E-state index contributed by atoms with van der Waals surface area (Å²) in [6.07, 6.45) is 1.87. The van der Waals surface area contributed by atoms with Crippen molar-refractivity contribution in [2.45, 2.75) is 26.9 Å². The zero-order valence-electron chi connectivity index (χ0n) is 11.1. The van der Waals surface area contributed by atoms with E-state index in [0.29, 0.717) is 5.69 Å². The molecule has 0 aliphatic heterocycles. The van der Waals surface area contributed by atoms with Gasteiger partial charge in [0, 0.05) is 11.8 Å². The Bertz CT molecular complexity index is 506. The van der Waals surface area contributed by atoms with Crippen molar-refractivity contribution in [1.29, 1.82) is 0 Å². The van der Waals surface area contributed by atoms with E-state index >= 15 is 0 Å². The minimum Gasteiger partial charge on any atom is -0.478 e. The van der Waals surface area contributed by atoms with Gasteiger partial charge in [0.25, 0.3) is 0 Å². The van der Waals surface area contributed by atoms with Gasteiger partial charge in [0.15, 0.2) is 0 Å². The molecule has 1 rings (SSSR count). The smallest absolute Gasteiger partial charge is 0.411 e. The van der Waals surface area contributed by atoms with Gasteiger partial charge in [-0.05, 0) is 50.1 Å². The summed E-state index contributed by atoms with van der Waals surface area (Å²) in [7, 11) is 0. The number of amides is 1. The number of carboxylic acids is 1. The average Bonchev–Trinajstić information content (AvgIpc) is 2.28. The Morgan fingerprint density at radius 1 is 1.37 bits per heavy atom. The fourth-order valence-corrected chi connectivity index (χ4v) is 1.45. The maximum absolute atomic E-state index is 11.5. The van der Waals surface area contributed by atoms with Gasteiger partial charge in [-0.25, -0.2) is 9.59 Å². The van der Waals surface area contributed by atoms with E-state index < -0.39 is 12.1 Å². The van der Waals surface area contributed by atoms with Crippen LogP contribution in [-0.4, -0.2) is 23.3 Å². The highest BCUT2D eigenvalue weighted by Crippen LogP contribution is 2.17. The molecule has 0 atom stereocenters. The molecule has 0 aromatic heterocycles. The van der Waals surface area contributed by atoms with E-state index in [4.69, 9.17) is 9.84 Å². The maximum atomic E-state index is 11.5. The molecular formula is C14H17NO4. The van der Waals surface area contributed by atoms with Crippen LogP contribution in [-0.2, 0) is 9.53 Å². The first-order valence-electron chi connectivity index (χ1n) is 5.88. The minimum absolute atomic E-state index is 0.182. The first kappa shape index (κ1) is 14.8. The Morgan fingerprint density at radius 3 is 2.58 bits per heavy atom. The van der Waals surface area contributed by atoms with E-state index in [9.17, 15) is 9.59 Å². The Kier molecular flexibility index (Phi) is 5.11. The van der Waals surface area contributed by atoms with Crippen LogP contribution in [0.3, 0.4) is 0 Å². The number of rotatable bonds is 4. The lowest BCUT2D eigenvalue weighted by atomic mass is 10.1. The lowest BCUT2D eigenvalue weighted by Gasteiger charge is -2.11. The number of carbonyl (C=O) groups is 2. The lowest BCUT2D eigenvalue weighted by molar-refractivity contribution is -0.131. The van der Waals surface area contributed by atoms with Gasteiger partial charge in [0.2, 0.25) is 0 Å². The van der Waals surface area contributed by atoms with Gasteiger partial charge in [-0.2, -0.15) is 0 Å². The van der Waals surface area contributed by atoms with Gasteiger partial charge < -0.3 is 9.84 Å². The molecule has 0 saturated carbocycles. The summed E-state index contributed by atoms with van der Waals surface area (Å²) in [6, 6.07) is 5.21. The number of hydrogen-bond acceptors (Lipinski definition) is 3. The van der Waals surface area contributed by atoms with Gasteiger partial charge in [-0.1, -0.05) is 6.07 Å². The second kappa shape index (κ2) is 6.58. The number of aryl methyl sites for hydroxylation is 1. The third kappa shape index (κ3) is 5.25. The van der Waals surface area contributed by atoms with Crippen LogP contribution in [0.4, 0.5) is 10.5 Å². The SMILES string of the molecule is Cc1cc(C=CC(=O)O)ccc1NC(=O)OC(C)C. The Hall–Kier alpha value is -2.30. The molecule has 0 aliphatic rings. The predicted octanol–water partition coefficient (Wildman–Crippen LogP) is 3.05.